The van der Waals surface area contributed by atoms with Gasteiger partial charge in [0.25, 0.3) is 0 Å². The molecule has 7 N–H and O–H groups in total. The molecule has 0 saturated heterocycles. The third-order valence-electron chi connectivity index (χ3n) is 11.9. The van der Waals surface area contributed by atoms with Crippen molar-refractivity contribution >= 4 is 65.3 Å². The Balaban J connectivity index is 1.40. The van der Waals surface area contributed by atoms with Crippen molar-refractivity contribution < 1.29 is 86.3 Å². The maximum Gasteiger partial charge on any atom is 0.328 e. The largest absolute Gasteiger partial charge is 0.481 e. The van der Waals surface area contributed by atoms with Crippen LogP contribution in [-0.2, 0) is 108 Å². The highest BCUT2D eigenvalue weighted by Gasteiger charge is 2.31. The first-order valence-corrected chi connectivity index (χ1v) is 27.0. The van der Waals surface area contributed by atoms with Crippen molar-refractivity contribution in [3.63, 3.8) is 0 Å². The summed E-state index contributed by atoms with van der Waals surface area (Å²) < 4.78 is 32.8. The van der Waals surface area contributed by atoms with Crippen molar-refractivity contribution in [2.75, 3.05) is 39.5 Å². The second-order valence-electron chi connectivity index (χ2n) is 18.5. The topological polar surface area (TPSA) is 336 Å². The number of esters is 4. The molecule has 0 fully saturated rings. The summed E-state index contributed by atoms with van der Waals surface area (Å²) in [6.07, 6.45) is -3.31. The summed E-state index contributed by atoms with van der Waals surface area (Å²) in [4.78, 5) is 142. The summed E-state index contributed by atoms with van der Waals surface area (Å²) in [7, 11) is 0. The fraction of sp³-hybridized carbons (Fsp3) is 0.407. The molecule has 0 spiro atoms. The van der Waals surface area contributed by atoms with E-state index >= 15 is 0 Å². The number of carbonyl (C=O) groups excluding carboxylic acids is 10. The van der Waals surface area contributed by atoms with E-state index in [1.807, 2.05) is 6.07 Å². The van der Waals surface area contributed by atoms with Gasteiger partial charge in [-0.15, -0.1) is 0 Å². The lowest BCUT2D eigenvalue weighted by Crippen LogP contribution is -2.53. The fourth-order valence-corrected chi connectivity index (χ4v) is 7.52. The van der Waals surface area contributed by atoms with Crippen LogP contribution in [0.25, 0.3) is 0 Å². The van der Waals surface area contributed by atoms with Crippen LogP contribution in [0.3, 0.4) is 0 Å². The molecule has 4 aromatic carbocycles. The number of rotatable bonds is 39. The van der Waals surface area contributed by atoms with E-state index in [9.17, 15) is 52.7 Å². The van der Waals surface area contributed by atoms with Crippen LogP contribution in [-0.4, -0.2) is 134 Å². The number of benzene rings is 4. The number of aliphatic carboxylic acids is 1. The van der Waals surface area contributed by atoms with Gasteiger partial charge in [0.1, 0.15) is 57.2 Å². The van der Waals surface area contributed by atoms with Gasteiger partial charge in [0, 0.05) is 38.8 Å². The molecular formula is C59H72N6O18. The Hall–Kier alpha value is -9.03. The van der Waals surface area contributed by atoms with E-state index in [1.54, 1.807) is 122 Å². The number of hydrogen-bond acceptors (Lipinski definition) is 17. The third-order valence-corrected chi connectivity index (χ3v) is 11.9. The molecule has 0 saturated carbocycles. The number of nitrogens with one attached hydrogen (secondary N) is 6. The molecule has 0 bridgehead atoms. The monoisotopic (exact) mass is 1150 g/mol. The molecule has 0 aliphatic heterocycles. The molecule has 446 valence electrons. The van der Waals surface area contributed by atoms with Gasteiger partial charge in [-0.25, -0.2) is 9.59 Å². The zero-order chi connectivity index (χ0) is 60.0. The lowest BCUT2D eigenvalue weighted by molar-refractivity contribution is -0.151. The van der Waals surface area contributed by atoms with Crippen LogP contribution in [0.2, 0.25) is 0 Å². The Morgan fingerprint density at radius 1 is 0.410 bits per heavy atom. The minimum Gasteiger partial charge on any atom is -0.481 e. The highest BCUT2D eigenvalue weighted by Crippen LogP contribution is 2.12. The lowest BCUT2D eigenvalue weighted by atomic mass is 10.1. The Labute approximate surface area is 480 Å². The van der Waals surface area contributed by atoms with Crippen LogP contribution < -0.4 is 31.9 Å². The average Bonchev–Trinajstić information content (AvgIpc) is 3.53. The zero-order valence-electron chi connectivity index (χ0n) is 46.2. The Bertz CT molecular complexity index is 2700. The Morgan fingerprint density at radius 3 is 1.31 bits per heavy atom. The van der Waals surface area contributed by atoms with Crippen LogP contribution in [0.5, 0.6) is 0 Å². The normalized spacial score (nSPS) is 12.1. The van der Waals surface area contributed by atoms with Crippen molar-refractivity contribution in [1.82, 2.24) is 31.9 Å². The third kappa shape index (κ3) is 28.8. The fourth-order valence-electron chi connectivity index (χ4n) is 7.52. The molecule has 4 aromatic rings. The van der Waals surface area contributed by atoms with Gasteiger partial charge >= 0.3 is 29.8 Å². The average molecular weight is 1150 g/mol. The van der Waals surface area contributed by atoms with Crippen molar-refractivity contribution in [1.29, 1.82) is 0 Å². The quantitative estimate of drug-likeness (QED) is 0.0192. The van der Waals surface area contributed by atoms with Gasteiger partial charge in [0.15, 0.2) is 0 Å². The summed E-state index contributed by atoms with van der Waals surface area (Å²) in [5.74, 6) is -8.82. The number of likely N-dealkylation sites (N-methyl/N-ethyl adjacent to an activating group) is 1. The predicted octanol–water partition coefficient (Wildman–Crippen LogP) is 2.78. The number of hydrogen-bond donors (Lipinski definition) is 7. The van der Waals surface area contributed by atoms with Crippen LogP contribution in [0.4, 0.5) is 0 Å². The second-order valence-corrected chi connectivity index (χ2v) is 18.5. The molecule has 6 amide bonds. The van der Waals surface area contributed by atoms with Crippen molar-refractivity contribution in [2.24, 2.45) is 0 Å². The first kappa shape index (κ1) is 66.5. The standard InChI is InChI=1S/C59H72N6O18/c1-2-60-56(74)48(64-50(67)27-28-53(70)71)35-51(68)61-31-32-78-33-34-79-40-52(69)62-45(57(75)65-47(59(77)83-39-44-21-13-6-14-22-44)25-30-55(73)81-37-42-17-9-4-10-18-42)23-26-49(66)63-46(58(76)82-38-43-19-11-5-12-20-43)24-29-54(72)80-36-41-15-7-3-8-16-41/h3-22,45-48H,2,23-40H2,1H3,(H,60,74)(H,61,68)(H,62,69)(H,63,66)(H,64,67)(H,65,75)(H,70,71). The van der Waals surface area contributed by atoms with Gasteiger partial charge < -0.3 is 65.4 Å². The van der Waals surface area contributed by atoms with Gasteiger partial charge in [0.05, 0.1) is 32.7 Å². The highest BCUT2D eigenvalue weighted by molar-refractivity contribution is 5.93. The maximum atomic E-state index is 14.2. The van der Waals surface area contributed by atoms with E-state index in [4.69, 9.17) is 33.5 Å². The Morgan fingerprint density at radius 2 is 0.831 bits per heavy atom. The molecule has 83 heavy (non-hydrogen) atoms. The minimum atomic E-state index is -1.53. The van der Waals surface area contributed by atoms with Crippen molar-refractivity contribution in [2.45, 2.75) is 115 Å². The SMILES string of the molecule is CCNC(=O)C(CC(=O)NCCOCCOCC(=O)NC(CCC(=O)NC(CCC(=O)OCc1ccccc1)C(=O)OCc1ccccc1)C(=O)NC(CCC(=O)OCc1ccccc1)C(=O)OCc1ccccc1)NC(=O)CCC(=O)O. The van der Waals surface area contributed by atoms with Gasteiger partial charge in [-0.3, -0.25) is 43.2 Å². The molecule has 0 aromatic heterocycles. The minimum absolute atomic E-state index is 0.0225. The molecular weight excluding hydrogens is 1080 g/mol. The van der Waals surface area contributed by atoms with E-state index in [0.717, 1.165) is 11.1 Å². The van der Waals surface area contributed by atoms with E-state index < -0.39 is 122 Å². The smallest absolute Gasteiger partial charge is 0.328 e. The molecule has 0 aliphatic rings. The van der Waals surface area contributed by atoms with E-state index in [1.165, 1.54) is 0 Å². The number of carboxylic acid groups (broad SMARTS) is 1. The molecule has 4 unspecified atom stereocenters. The predicted molar refractivity (Wildman–Crippen MR) is 295 cm³/mol. The molecule has 4 rings (SSSR count). The van der Waals surface area contributed by atoms with Gasteiger partial charge in [0.2, 0.25) is 35.4 Å². The van der Waals surface area contributed by atoms with Gasteiger partial charge in [-0.05, 0) is 48.4 Å². The van der Waals surface area contributed by atoms with E-state index in [0.29, 0.717) is 11.1 Å². The first-order valence-electron chi connectivity index (χ1n) is 27.0. The van der Waals surface area contributed by atoms with Crippen LogP contribution in [0.15, 0.2) is 121 Å². The number of ether oxygens (including phenoxy) is 6. The molecule has 0 aliphatic carbocycles. The maximum absolute atomic E-state index is 14.2. The zero-order valence-corrected chi connectivity index (χ0v) is 46.2. The number of carbonyl (C=O) groups is 11. The first-order chi connectivity index (χ1) is 40.1. The number of amides is 6. The van der Waals surface area contributed by atoms with Crippen molar-refractivity contribution in [3.8, 4) is 0 Å². The van der Waals surface area contributed by atoms with Gasteiger partial charge in [-0.1, -0.05) is 121 Å². The summed E-state index contributed by atoms with van der Waals surface area (Å²) in [6, 6.07) is 29.6. The lowest BCUT2D eigenvalue weighted by Gasteiger charge is -2.23. The molecule has 0 heterocycles. The summed E-state index contributed by atoms with van der Waals surface area (Å²) in [5.41, 5.74) is 2.74. The summed E-state index contributed by atoms with van der Waals surface area (Å²) in [5, 5.41) is 23.9. The molecule has 24 nitrogen and oxygen atoms in total. The molecule has 4 atom stereocenters. The molecule has 24 heteroatoms. The van der Waals surface area contributed by atoms with Crippen LogP contribution in [0.1, 0.15) is 87.0 Å². The van der Waals surface area contributed by atoms with Crippen LogP contribution in [0, 0.1) is 0 Å². The van der Waals surface area contributed by atoms with Crippen LogP contribution >= 0.6 is 0 Å². The molecule has 0 radical (unpaired) electrons. The van der Waals surface area contributed by atoms with Gasteiger partial charge in [-0.2, -0.15) is 0 Å². The van der Waals surface area contributed by atoms with E-state index in [2.05, 4.69) is 31.9 Å². The van der Waals surface area contributed by atoms with E-state index in [-0.39, 0.29) is 91.4 Å². The summed E-state index contributed by atoms with van der Waals surface area (Å²) >= 11 is 0. The number of carboxylic acids is 1. The highest BCUT2D eigenvalue weighted by atomic mass is 16.5. The van der Waals surface area contributed by atoms with Crippen molar-refractivity contribution in [3.05, 3.63) is 144 Å². The summed E-state index contributed by atoms with van der Waals surface area (Å²) in [6.45, 7) is 0.558. The Kier molecular flexibility index (Phi) is 30.9. The second kappa shape index (κ2) is 38.6.